The number of aliphatic hydroxyl groups is 1. The molecule has 20 heavy (non-hydrogen) atoms. The summed E-state index contributed by atoms with van der Waals surface area (Å²) in [4.78, 5) is 7.37. The summed E-state index contributed by atoms with van der Waals surface area (Å²) in [6.07, 6.45) is -2.49. The standard InChI is InChI=1S/C14H13F3N2O/c15-14(16,17)12-6-7-18-13(19-12)5-4-10-2-1-3-11(8-10)9-20/h1-3,6-8,20H,4-5,9H2. The number of hydrogen-bond acceptors (Lipinski definition) is 3. The maximum atomic E-state index is 12.5. The van der Waals surface area contributed by atoms with Crippen molar-refractivity contribution in [3.05, 3.63) is 59.2 Å². The molecule has 0 unspecified atom stereocenters. The van der Waals surface area contributed by atoms with E-state index in [2.05, 4.69) is 9.97 Å². The first-order valence-electron chi connectivity index (χ1n) is 6.07. The molecule has 1 aromatic heterocycles. The lowest BCUT2D eigenvalue weighted by molar-refractivity contribution is -0.141. The van der Waals surface area contributed by atoms with Gasteiger partial charge in [-0.25, -0.2) is 9.97 Å². The first-order chi connectivity index (χ1) is 9.49. The summed E-state index contributed by atoms with van der Waals surface area (Å²) < 4.78 is 37.5. The number of alkyl halides is 3. The van der Waals surface area contributed by atoms with Crippen molar-refractivity contribution in [2.24, 2.45) is 0 Å². The minimum atomic E-state index is -4.45. The van der Waals surface area contributed by atoms with Crippen LogP contribution < -0.4 is 0 Å². The number of rotatable bonds is 4. The van der Waals surface area contributed by atoms with Crippen molar-refractivity contribution in [2.45, 2.75) is 25.6 Å². The third-order valence-electron chi connectivity index (χ3n) is 2.81. The summed E-state index contributed by atoms with van der Waals surface area (Å²) in [5.74, 6) is 0.161. The fraction of sp³-hybridized carbons (Fsp3) is 0.286. The van der Waals surface area contributed by atoms with Gasteiger partial charge in [0.2, 0.25) is 0 Å². The van der Waals surface area contributed by atoms with Crippen LogP contribution in [-0.2, 0) is 25.6 Å². The summed E-state index contributed by atoms with van der Waals surface area (Å²) >= 11 is 0. The minimum absolute atomic E-state index is 0.0616. The van der Waals surface area contributed by atoms with Crippen molar-refractivity contribution in [1.29, 1.82) is 0 Å². The average Bonchev–Trinajstić information content (AvgIpc) is 2.45. The predicted molar refractivity (Wildman–Crippen MR) is 66.8 cm³/mol. The zero-order valence-electron chi connectivity index (χ0n) is 10.6. The van der Waals surface area contributed by atoms with Crippen molar-refractivity contribution >= 4 is 0 Å². The number of benzene rings is 1. The first kappa shape index (κ1) is 14.5. The normalized spacial score (nSPS) is 11.6. The number of hydrogen-bond donors (Lipinski definition) is 1. The molecule has 0 saturated carbocycles. The molecule has 2 rings (SSSR count). The SMILES string of the molecule is OCc1cccc(CCc2nccc(C(F)(F)F)n2)c1. The Morgan fingerprint density at radius 3 is 2.50 bits per heavy atom. The van der Waals surface area contributed by atoms with Gasteiger partial charge in [0.05, 0.1) is 6.61 Å². The second-order valence-corrected chi connectivity index (χ2v) is 4.33. The fourth-order valence-electron chi connectivity index (χ4n) is 1.82. The highest BCUT2D eigenvalue weighted by molar-refractivity contribution is 5.23. The van der Waals surface area contributed by atoms with E-state index >= 15 is 0 Å². The number of aryl methyl sites for hydroxylation is 2. The largest absolute Gasteiger partial charge is 0.433 e. The van der Waals surface area contributed by atoms with E-state index in [1.807, 2.05) is 12.1 Å². The molecule has 106 valence electrons. The number of nitrogens with zero attached hydrogens (tertiary/aromatic N) is 2. The van der Waals surface area contributed by atoms with Crippen molar-refractivity contribution in [3.8, 4) is 0 Å². The third-order valence-corrected chi connectivity index (χ3v) is 2.81. The van der Waals surface area contributed by atoms with Crippen LogP contribution in [0.25, 0.3) is 0 Å². The van der Waals surface area contributed by atoms with Crippen LogP contribution in [0.3, 0.4) is 0 Å². The molecular weight excluding hydrogens is 269 g/mol. The van der Waals surface area contributed by atoms with E-state index in [1.54, 1.807) is 12.1 Å². The lowest BCUT2D eigenvalue weighted by Crippen LogP contribution is -2.10. The molecule has 1 N–H and O–H groups in total. The molecule has 0 radical (unpaired) electrons. The Hall–Kier alpha value is -1.95. The molecule has 0 atom stereocenters. The second kappa shape index (κ2) is 6.00. The van der Waals surface area contributed by atoms with Crippen molar-refractivity contribution < 1.29 is 18.3 Å². The highest BCUT2D eigenvalue weighted by atomic mass is 19.4. The Morgan fingerprint density at radius 1 is 1.05 bits per heavy atom. The van der Waals surface area contributed by atoms with Gasteiger partial charge in [0.1, 0.15) is 11.5 Å². The first-order valence-corrected chi connectivity index (χ1v) is 6.07. The third kappa shape index (κ3) is 3.77. The van der Waals surface area contributed by atoms with Crippen molar-refractivity contribution in [3.63, 3.8) is 0 Å². The quantitative estimate of drug-likeness (QED) is 0.938. The maximum absolute atomic E-state index is 12.5. The van der Waals surface area contributed by atoms with E-state index in [0.29, 0.717) is 12.8 Å². The van der Waals surface area contributed by atoms with E-state index in [1.165, 1.54) is 0 Å². The van der Waals surface area contributed by atoms with Gasteiger partial charge in [-0.3, -0.25) is 0 Å². The fourth-order valence-corrected chi connectivity index (χ4v) is 1.82. The molecule has 2 aromatic rings. The molecule has 0 bridgehead atoms. The lowest BCUT2D eigenvalue weighted by atomic mass is 10.1. The molecule has 0 amide bonds. The molecule has 0 aliphatic heterocycles. The van der Waals surface area contributed by atoms with Crippen molar-refractivity contribution in [2.75, 3.05) is 0 Å². The van der Waals surface area contributed by atoms with Gasteiger partial charge in [-0.15, -0.1) is 0 Å². The van der Waals surface area contributed by atoms with E-state index in [9.17, 15) is 13.2 Å². The van der Waals surface area contributed by atoms with E-state index in [-0.39, 0.29) is 12.4 Å². The monoisotopic (exact) mass is 282 g/mol. The Labute approximate surface area is 114 Å². The second-order valence-electron chi connectivity index (χ2n) is 4.33. The van der Waals surface area contributed by atoms with Gasteiger partial charge in [0, 0.05) is 12.6 Å². The molecule has 3 nitrogen and oxygen atoms in total. The molecule has 0 aliphatic rings. The number of halogens is 3. The van der Waals surface area contributed by atoms with Crippen LogP contribution in [0.1, 0.15) is 22.6 Å². The molecule has 0 fully saturated rings. The summed E-state index contributed by atoms with van der Waals surface area (Å²) in [5.41, 5.74) is 0.775. The zero-order chi connectivity index (χ0) is 14.6. The molecule has 0 saturated heterocycles. The number of aliphatic hydroxyl groups excluding tert-OH is 1. The van der Waals surface area contributed by atoms with Gasteiger partial charge in [0.25, 0.3) is 0 Å². The Kier molecular flexibility index (Phi) is 4.34. The van der Waals surface area contributed by atoms with Crippen LogP contribution in [0.15, 0.2) is 36.5 Å². The van der Waals surface area contributed by atoms with Gasteiger partial charge in [-0.1, -0.05) is 24.3 Å². The predicted octanol–water partition coefficient (Wildman–Crippen LogP) is 2.77. The Morgan fingerprint density at radius 2 is 1.80 bits per heavy atom. The van der Waals surface area contributed by atoms with Crippen LogP contribution in [0, 0.1) is 0 Å². The molecule has 6 heteroatoms. The average molecular weight is 282 g/mol. The van der Waals surface area contributed by atoms with E-state index < -0.39 is 11.9 Å². The molecular formula is C14H13F3N2O. The zero-order valence-corrected chi connectivity index (χ0v) is 10.6. The lowest BCUT2D eigenvalue weighted by Gasteiger charge is -2.07. The van der Waals surface area contributed by atoms with Crippen LogP contribution in [0.4, 0.5) is 13.2 Å². The summed E-state index contributed by atoms with van der Waals surface area (Å²) in [7, 11) is 0. The highest BCUT2D eigenvalue weighted by Gasteiger charge is 2.32. The van der Waals surface area contributed by atoms with Crippen LogP contribution >= 0.6 is 0 Å². The number of aromatic nitrogens is 2. The van der Waals surface area contributed by atoms with E-state index in [4.69, 9.17) is 5.11 Å². The molecule has 1 aromatic carbocycles. The van der Waals surface area contributed by atoms with Crippen LogP contribution in [0.5, 0.6) is 0 Å². The van der Waals surface area contributed by atoms with Gasteiger partial charge >= 0.3 is 6.18 Å². The maximum Gasteiger partial charge on any atom is 0.433 e. The van der Waals surface area contributed by atoms with Gasteiger partial charge in [0.15, 0.2) is 0 Å². The van der Waals surface area contributed by atoms with Crippen molar-refractivity contribution in [1.82, 2.24) is 9.97 Å². The summed E-state index contributed by atoms with van der Waals surface area (Å²) in [6, 6.07) is 8.11. The molecule has 0 spiro atoms. The Balaban J connectivity index is 2.07. The molecule has 0 aliphatic carbocycles. The van der Waals surface area contributed by atoms with Crippen LogP contribution in [0.2, 0.25) is 0 Å². The smallest absolute Gasteiger partial charge is 0.392 e. The van der Waals surface area contributed by atoms with Crippen LogP contribution in [-0.4, -0.2) is 15.1 Å². The highest BCUT2D eigenvalue weighted by Crippen LogP contribution is 2.27. The van der Waals surface area contributed by atoms with Gasteiger partial charge in [-0.2, -0.15) is 13.2 Å². The van der Waals surface area contributed by atoms with Gasteiger partial charge < -0.3 is 5.11 Å². The topological polar surface area (TPSA) is 46.0 Å². The molecule has 1 heterocycles. The minimum Gasteiger partial charge on any atom is -0.392 e. The summed E-state index contributed by atoms with van der Waals surface area (Å²) in [6.45, 7) is -0.0616. The van der Waals surface area contributed by atoms with E-state index in [0.717, 1.165) is 23.4 Å². The summed E-state index contributed by atoms with van der Waals surface area (Å²) in [5, 5.41) is 9.02. The van der Waals surface area contributed by atoms with Gasteiger partial charge in [-0.05, 0) is 23.6 Å². The Bertz CT molecular complexity index is 585.